The van der Waals surface area contributed by atoms with E-state index in [1.807, 2.05) is 24.3 Å². The number of halogens is 2. The van der Waals surface area contributed by atoms with Gasteiger partial charge in [-0.25, -0.2) is 0 Å². The standard InChI is InChI=1S/C18H11Cl2N3O/c19-12-5-7-13(8-6-12)22-10-9-17-15(11-21)18(23-24-17)14-3-1-2-4-16(14)20/h1-10,22H. The molecule has 1 N–H and O–H groups in total. The molecule has 0 radical (unpaired) electrons. The number of nitriles is 1. The van der Waals surface area contributed by atoms with Crippen molar-refractivity contribution in [3.05, 3.63) is 76.1 Å². The summed E-state index contributed by atoms with van der Waals surface area (Å²) < 4.78 is 5.27. The smallest absolute Gasteiger partial charge is 0.179 e. The third kappa shape index (κ3) is 3.43. The summed E-state index contributed by atoms with van der Waals surface area (Å²) in [5.74, 6) is 0.355. The molecule has 0 aliphatic rings. The highest BCUT2D eigenvalue weighted by molar-refractivity contribution is 6.33. The van der Waals surface area contributed by atoms with Crippen molar-refractivity contribution in [2.45, 2.75) is 0 Å². The van der Waals surface area contributed by atoms with Crippen LogP contribution < -0.4 is 5.32 Å². The van der Waals surface area contributed by atoms with Crippen LogP contribution in [0.5, 0.6) is 0 Å². The lowest BCUT2D eigenvalue weighted by Gasteiger charge is -2.00. The minimum absolute atomic E-state index is 0.331. The topological polar surface area (TPSA) is 61.9 Å². The van der Waals surface area contributed by atoms with Crippen molar-refractivity contribution in [2.24, 2.45) is 0 Å². The molecular weight excluding hydrogens is 345 g/mol. The highest BCUT2D eigenvalue weighted by Crippen LogP contribution is 2.31. The van der Waals surface area contributed by atoms with Crippen molar-refractivity contribution in [3.63, 3.8) is 0 Å². The molecule has 2 aromatic carbocycles. The third-order valence-corrected chi connectivity index (χ3v) is 3.87. The first-order valence-electron chi connectivity index (χ1n) is 7.02. The molecule has 0 unspecified atom stereocenters. The average molecular weight is 356 g/mol. The molecular formula is C18H11Cl2N3O. The predicted molar refractivity (Wildman–Crippen MR) is 95.8 cm³/mol. The minimum atomic E-state index is 0.331. The zero-order chi connectivity index (χ0) is 16.9. The summed E-state index contributed by atoms with van der Waals surface area (Å²) in [6, 6.07) is 16.5. The van der Waals surface area contributed by atoms with Crippen molar-refractivity contribution < 1.29 is 4.52 Å². The second-order valence-electron chi connectivity index (χ2n) is 4.85. The van der Waals surface area contributed by atoms with Crippen LogP contribution in [0.2, 0.25) is 10.0 Å². The number of hydrogen-bond acceptors (Lipinski definition) is 4. The van der Waals surface area contributed by atoms with Gasteiger partial charge in [0.2, 0.25) is 0 Å². The van der Waals surface area contributed by atoms with Gasteiger partial charge in [-0.1, -0.05) is 46.6 Å². The van der Waals surface area contributed by atoms with Gasteiger partial charge < -0.3 is 9.84 Å². The van der Waals surface area contributed by atoms with Crippen LogP contribution >= 0.6 is 23.2 Å². The third-order valence-electron chi connectivity index (χ3n) is 3.29. The SMILES string of the molecule is N#Cc1c(-c2ccccc2Cl)noc1C=CNc1ccc(Cl)cc1. The largest absolute Gasteiger partial charge is 0.362 e. The lowest BCUT2D eigenvalue weighted by Crippen LogP contribution is -1.87. The molecule has 1 heterocycles. The number of rotatable bonds is 4. The second-order valence-corrected chi connectivity index (χ2v) is 5.69. The Kier molecular flexibility index (Phi) is 4.85. The first kappa shape index (κ1) is 16.1. The van der Waals surface area contributed by atoms with Gasteiger partial charge in [0.25, 0.3) is 0 Å². The number of hydrogen-bond donors (Lipinski definition) is 1. The van der Waals surface area contributed by atoms with Crippen LogP contribution in [-0.4, -0.2) is 5.16 Å². The van der Waals surface area contributed by atoms with E-state index in [4.69, 9.17) is 27.7 Å². The maximum absolute atomic E-state index is 9.43. The van der Waals surface area contributed by atoms with Crippen LogP contribution in [0.25, 0.3) is 17.3 Å². The molecule has 0 amide bonds. The normalized spacial score (nSPS) is 10.7. The maximum atomic E-state index is 9.43. The van der Waals surface area contributed by atoms with Crippen molar-refractivity contribution in [1.29, 1.82) is 5.26 Å². The predicted octanol–water partition coefficient (Wildman–Crippen LogP) is 5.60. The molecule has 1 aromatic heterocycles. The van der Waals surface area contributed by atoms with Crippen molar-refractivity contribution in [1.82, 2.24) is 5.16 Å². The van der Waals surface area contributed by atoms with Crippen LogP contribution in [0.15, 0.2) is 59.3 Å². The second kappa shape index (κ2) is 7.22. The van der Waals surface area contributed by atoms with E-state index >= 15 is 0 Å². The Bertz CT molecular complexity index is 924. The molecule has 3 rings (SSSR count). The molecule has 0 saturated carbocycles. The molecule has 4 nitrogen and oxygen atoms in total. The Morgan fingerprint density at radius 2 is 1.83 bits per heavy atom. The highest BCUT2D eigenvalue weighted by atomic mass is 35.5. The summed E-state index contributed by atoms with van der Waals surface area (Å²) >= 11 is 12.0. The number of nitrogens with one attached hydrogen (secondary N) is 1. The van der Waals surface area contributed by atoms with Gasteiger partial charge in [0, 0.05) is 28.5 Å². The Morgan fingerprint density at radius 3 is 2.54 bits per heavy atom. The van der Waals surface area contributed by atoms with E-state index in [0.717, 1.165) is 5.69 Å². The van der Waals surface area contributed by atoms with Gasteiger partial charge in [-0.05, 0) is 30.3 Å². The van der Waals surface area contributed by atoms with Gasteiger partial charge >= 0.3 is 0 Å². The molecule has 6 heteroatoms. The summed E-state index contributed by atoms with van der Waals surface area (Å²) in [5.41, 5.74) is 2.27. The maximum Gasteiger partial charge on any atom is 0.179 e. The van der Waals surface area contributed by atoms with Crippen molar-refractivity contribution in [3.8, 4) is 17.3 Å². The Hall–Kier alpha value is -2.74. The van der Waals surface area contributed by atoms with Gasteiger partial charge in [0.05, 0.1) is 5.02 Å². The molecule has 0 spiro atoms. The molecule has 24 heavy (non-hydrogen) atoms. The molecule has 0 atom stereocenters. The van der Waals surface area contributed by atoms with Crippen LogP contribution in [0.1, 0.15) is 11.3 Å². The molecule has 3 aromatic rings. The summed E-state index contributed by atoms with van der Waals surface area (Å²) in [4.78, 5) is 0. The first-order chi connectivity index (χ1) is 11.7. The fraction of sp³-hybridized carbons (Fsp3) is 0. The molecule has 0 saturated heterocycles. The van der Waals surface area contributed by atoms with E-state index in [1.54, 1.807) is 36.5 Å². The number of nitrogens with zero attached hydrogens (tertiary/aromatic N) is 2. The Balaban J connectivity index is 1.85. The zero-order valence-corrected chi connectivity index (χ0v) is 13.8. The number of aromatic nitrogens is 1. The molecule has 0 aliphatic heterocycles. The van der Waals surface area contributed by atoms with Crippen LogP contribution in [-0.2, 0) is 0 Å². The van der Waals surface area contributed by atoms with E-state index in [2.05, 4.69) is 16.5 Å². The van der Waals surface area contributed by atoms with E-state index in [9.17, 15) is 5.26 Å². The lowest BCUT2D eigenvalue weighted by molar-refractivity contribution is 0.415. The van der Waals surface area contributed by atoms with Crippen LogP contribution in [0.3, 0.4) is 0 Å². The molecule has 0 aliphatic carbocycles. The van der Waals surface area contributed by atoms with Crippen molar-refractivity contribution >= 4 is 35.0 Å². The zero-order valence-electron chi connectivity index (χ0n) is 12.3. The average Bonchev–Trinajstić information content (AvgIpc) is 3.00. The van der Waals surface area contributed by atoms with Crippen LogP contribution in [0, 0.1) is 11.3 Å². The first-order valence-corrected chi connectivity index (χ1v) is 7.78. The number of anilines is 1. The van der Waals surface area contributed by atoms with Gasteiger partial charge in [-0.3, -0.25) is 0 Å². The fourth-order valence-corrected chi connectivity index (χ4v) is 2.47. The van der Waals surface area contributed by atoms with Gasteiger partial charge in [-0.15, -0.1) is 0 Å². The summed E-state index contributed by atoms with van der Waals surface area (Å²) in [6.07, 6.45) is 3.31. The van der Waals surface area contributed by atoms with Gasteiger partial charge in [0.1, 0.15) is 17.3 Å². The minimum Gasteiger partial charge on any atom is -0.362 e. The van der Waals surface area contributed by atoms with Gasteiger partial charge in [-0.2, -0.15) is 5.26 Å². The van der Waals surface area contributed by atoms with Crippen LogP contribution in [0.4, 0.5) is 5.69 Å². The molecule has 0 bridgehead atoms. The van der Waals surface area contributed by atoms with E-state index in [0.29, 0.717) is 32.6 Å². The van der Waals surface area contributed by atoms with E-state index < -0.39 is 0 Å². The summed E-state index contributed by atoms with van der Waals surface area (Å²) in [6.45, 7) is 0. The fourth-order valence-electron chi connectivity index (χ4n) is 2.12. The molecule has 118 valence electrons. The summed E-state index contributed by atoms with van der Waals surface area (Å²) in [5, 5.41) is 17.6. The lowest BCUT2D eigenvalue weighted by atomic mass is 10.1. The number of benzene rings is 2. The van der Waals surface area contributed by atoms with Crippen molar-refractivity contribution in [2.75, 3.05) is 5.32 Å². The quantitative estimate of drug-likeness (QED) is 0.661. The monoisotopic (exact) mass is 355 g/mol. The van der Waals surface area contributed by atoms with E-state index in [-0.39, 0.29) is 0 Å². The Labute approximate surface area is 148 Å². The van der Waals surface area contributed by atoms with E-state index in [1.165, 1.54) is 0 Å². The van der Waals surface area contributed by atoms with Gasteiger partial charge in [0.15, 0.2) is 5.76 Å². The highest BCUT2D eigenvalue weighted by Gasteiger charge is 2.17. The molecule has 0 fully saturated rings. The Morgan fingerprint density at radius 1 is 1.08 bits per heavy atom. The summed E-state index contributed by atoms with van der Waals surface area (Å²) in [7, 11) is 0.